The van der Waals surface area contributed by atoms with Crippen LogP contribution in [0.5, 0.6) is 0 Å². The van der Waals surface area contributed by atoms with Crippen molar-refractivity contribution in [2.24, 2.45) is 14.1 Å². The first kappa shape index (κ1) is 40.0. The van der Waals surface area contributed by atoms with Crippen molar-refractivity contribution in [1.82, 2.24) is 58.9 Å². The molecule has 6 aromatic heterocycles. The minimum atomic E-state index is -0.915. The summed E-state index contributed by atoms with van der Waals surface area (Å²) in [4.78, 5) is 50.8. The number of fused-ring (bicyclic) bond motifs is 2. The third-order valence-corrected chi connectivity index (χ3v) is 11.2. The van der Waals surface area contributed by atoms with Gasteiger partial charge in [-0.15, -0.1) is 11.6 Å². The second-order valence-corrected chi connectivity index (χ2v) is 15.6. The van der Waals surface area contributed by atoms with Crippen molar-refractivity contribution >= 4 is 57.1 Å². The van der Waals surface area contributed by atoms with Crippen LogP contribution in [0.1, 0.15) is 72.1 Å². The monoisotopic (exact) mass is 860 g/mol. The smallest absolute Gasteiger partial charge is 0.280 e. The van der Waals surface area contributed by atoms with Gasteiger partial charge in [0.2, 0.25) is 11.8 Å². The summed E-state index contributed by atoms with van der Waals surface area (Å²) in [5, 5.41) is 30.5. The molecule has 6 heterocycles. The molecule has 0 aliphatic heterocycles. The largest absolute Gasteiger partial charge is 0.385 e. The normalized spacial score (nSPS) is 20.9. The molecule has 0 radical (unpaired) electrons. The first-order chi connectivity index (χ1) is 28.3. The second kappa shape index (κ2) is 16.1. The SMILES string of the molecule is Cn1cnc2nc[nH]c(=O)c21.Cn1cnc2ncn(Cc3nc(C4CC(O)(c5ccc(Cl)cc5)C4)no3)c(=O)c21.OC1(c2ccc(Cl)cc2)CC(c2noc(CCl)n2)C1. The molecule has 0 amide bonds. The van der Waals surface area contributed by atoms with Crippen molar-refractivity contribution in [2.45, 2.75) is 61.1 Å². The summed E-state index contributed by atoms with van der Waals surface area (Å²) in [6, 6.07) is 14.4. The van der Waals surface area contributed by atoms with Gasteiger partial charge in [0.05, 0.1) is 30.2 Å². The highest BCUT2D eigenvalue weighted by molar-refractivity contribution is 6.30. The quantitative estimate of drug-likeness (QED) is 0.182. The average Bonchev–Trinajstić information content (AvgIpc) is 4.03. The number of imidazole rings is 2. The molecule has 2 fully saturated rings. The minimum Gasteiger partial charge on any atom is -0.385 e. The molecule has 21 heteroatoms. The summed E-state index contributed by atoms with van der Waals surface area (Å²) in [6.07, 6.45) is 8.03. The number of nitrogens with zero attached hydrogens (tertiary/aromatic N) is 11. The van der Waals surface area contributed by atoms with E-state index in [1.165, 1.54) is 17.2 Å². The molecule has 0 bridgehead atoms. The predicted molar refractivity (Wildman–Crippen MR) is 214 cm³/mol. The van der Waals surface area contributed by atoms with Gasteiger partial charge in [-0.3, -0.25) is 14.2 Å². The zero-order valence-electron chi connectivity index (χ0n) is 31.4. The summed E-state index contributed by atoms with van der Waals surface area (Å²) in [5.41, 5.74) is 1.38. The third-order valence-electron chi connectivity index (χ3n) is 10.4. The van der Waals surface area contributed by atoms with Gasteiger partial charge in [-0.25, -0.2) is 19.9 Å². The van der Waals surface area contributed by atoms with Gasteiger partial charge >= 0.3 is 0 Å². The third kappa shape index (κ3) is 8.13. The van der Waals surface area contributed by atoms with E-state index in [1.54, 1.807) is 60.1 Å². The van der Waals surface area contributed by atoms with Crippen LogP contribution in [0.2, 0.25) is 10.0 Å². The molecule has 10 rings (SSSR count). The van der Waals surface area contributed by atoms with E-state index in [9.17, 15) is 19.8 Å². The number of aryl methyl sites for hydroxylation is 2. The van der Waals surface area contributed by atoms with Crippen LogP contribution in [0.3, 0.4) is 0 Å². The van der Waals surface area contributed by atoms with Crippen LogP contribution in [0.15, 0.2) is 92.5 Å². The summed E-state index contributed by atoms with van der Waals surface area (Å²) >= 11 is 17.4. The van der Waals surface area contributed by atoms with Gasteiger partial charge in [0.25, 0.3) is 11.1 Å². The Morgan fingerprint density at radius 3 is 1.69 bits per heavy atom. The Hall–Kier alpha value is -5.79. The molecule has 18 nitrogen and oxygen atoms in total. The molecule has 2 aliphatic rings. The molecule has 0 unspecified atom stereocenters. The Bertz CT molecular complexity index is 2850. The lowest BCUT2D eigenvalue weighted by atomic mass is 9.67. The fraction of sp³-hybridized carbons (Fsp3) is 0.316. The standard InChI is InChI=1S/C19H17ClN6O3.C13H12Cl2N2O2.C6H6N4O/c1-25-9-21-17-15(25)18(27)26(10-22-17)8-14-23-16(24-29-14)11-6-19(28,7-11)12-2-4-13(20)5-3-12;14-7-11-16-12(17-19-11)8-5-13(18,6-8)9-1-3-10(15)4-2-9;1-10-3-9-5-4(10)6(11)8-2-7-5/h2-5,9-11,28H,6-8H2,1H3;1-4,8,18H,5-7H2;2-3H,1H3,(H,7,8,11). The molecule has 2 aromatic carbocycles. The molecule has 2 aliphatic carbocycles. The van der Waals surface area contributed by atoms with Crippen molar-refractivity contribution in [2.75, 3.05) is 0 Å². The molecule has 0 spiro atoms. The Kier molecular flexibility index (Phi) is 10.9. The molecule has 0 atom stereocenters. The van der Waals surface area contributed by atoms with Gasteiger partial charge in [0, 0.05) is 36.0 Å². The van der Waals surface area contributed by atoms with Crippen LogP contribution in [-0.4, -0.2) is 69.1 Å². The summed E-state index contributed by atoms with van der Waals surface area (Å²) in [7, 11) is 3.50. The lowest BCUT2D eigenvalue weighted by molar-refractivity contribution is -0.0576. The second-order valence-electron chi connectivity index (χ2n) is 14.5. The molecule has 59 heavy (non-hydrogen) atoms. The molecular weight excluding hydrogens is 827 g/mol. The average molecular weight is 862 g/mol. The fourth-order valence-electron chi connectivity index (χ4n) is 7.18. The Morgan fingerprint density at radius 1 is 0.712 bits per heavy atom. The van der Waals surface area contributed by atoms with Crippen LogP contribution in [0, 0.1) is 0 Å². The molecule has 0 saturated heterocycles. The van der Waals surface area contributed by atoms with E-state index in [1.807, 2.05) is 24.3 Å². The van der Waals surface area contributed by atoms with E-state index >= 15 is 0 Å². The van der Waals surface area contributed by atoms with Crippen LogP contribution in [0.25, 0.3) is 22.3 Å². The zero-order valence-corrected chi connectivity index (χ0v) is 33.7. The van der Waals surface area contributed by atoms with E-state index in [-0.39, 0.29) is 35.4 Å². The van der Waals surface area contributed by atoms with E-state index in [4.69, 9.17) is 43.8 Å². The van der Waals surface area contributed by atoms with E-state index in [2.05, 4.69) is 45.2 Å². The van der Waals surface area contributed by atoms with Crippen molar-refractivity contribution in [3.8, 4) is 0 Å². The molecule has 8 aromatic rings. The van der Waals surface area contributed by atoms with Gasteiger partial charge in [0.15, 0.2) is 34.0 Å². The van der Waals surface area contributed by atoms with Crippen LogP contribution < -0.4 is 11.1 Å². The number of aromatic nitrogens is 12. The van der Waals surface area contributed by atoms with E-state index in [0.29, 0.717) is 81.5 Å². The van der Waals surface area contributed by atoms with Crippen molar-refractivity contribution < 1.29 is 19.3 Å². The number of H-pyrrole nitrogens is 1. The highest BCUT2D eigenvalue weighted by Crippen LogP contribution is 2.51. The van der Waals surface area contributed by atoms with E-state index < -0.39 is 11.2 Å². The number of hydrogen-bond donors (Lipinski definition) is 3. The van der Waals surface area contributed by atoms with Crippen LogP contribution in [0.4, 0.5) is 0 Å². The van der Waals surface area contributed by atoms with Crippen molar-refractivity contribution in [1.29, 1.82) is 0 Å². The highest BCUT2D eigenvalue weighted by atomic mass is 35.5. The van der Waals surface area contributed by atoms with Gasteiger partial charge in [-0.2, -0.15) is 9.97 Å². The number of rotatable bonds is 7. The number of nitrogens with one attached hydrogen (secondary N) is 1. The van der Waals surface area contributed by atoms with Crippen LogP contribution in [-0.2, 0) is 37.7 Å². The summed E-state index contributed by atoms with van der Waals surface area (Å²) in [5.74, 6) is 2.19. The fourth-order valence-corrected chi connectivity index (χ4v) is 7.54. The summed E-state index contributed by atoms with van der Waals surface area (Å²) < 4.78 is 15.0. The topological polar surface area (TPSA) is 235 Å². The van der Waals surface area contributed by atoms with Gasteiger partial charge < -0.3 is 33.4 Å². The maximum atomic E-state index is 12.6. The zero-order chi connectivity index (χ0) is 41.5. The number of hydrogen-bond acceptors (Lipinski definition) is 14. The van der Waals surface area contributed by atoms with Gasteiger partial charge in [-0.05, 0) is 61.1 Å². The molecule has 3 N–H and O–H groups in total. The number of halogens is 3. The number of alkyl halides is 1. The van der Waals surface area contributed by atoms with E-state index in [0.717, 1.165) is 11.1 Å². The maximum Gasteiger partial charge on any atom is 0.280 e. The Morgan fingerprint density at radius 2 is 1.19 bits per heavy atom. The minimum absolute atomic E-state index is 0.0115. The first-order valence-corrected chi connectivity index (χ1v) is 19.5. The maximum absolute atomic E-state index is 12.6. The van der Waals surface area contributed by atoms with Gasteiger partial charge in [0.1, 0.15) is 18.8 Å². The lowest BCUT2D eigenvalue weighted by Crippen LogP contribution is -2.40. The first-order valence-electron chi connectivity index (χ1n) is 18.2. The predicted octanol–water partition coefficient (Wildman–Crippen LogP) is 4.86. The Labute approximate surface area is 348 Å². The molecule has 2 saturated carbocycles. The van der Waals surface area contributed by atoms with Crippen LogP contribution >= 0.6 is 34.8 Å². The molecular formula is C38H35Cl3N12O6. The van der Waals surface area contributed by atoms with Gasteiger partial charge in [-0.1, -0.05) is 57.8 Å². The van der Waals surface area contributed by atoms with Crippen molar-refractivity contribution in [3.05, 3.63) is 139 Å². The lowest BCUT2D eigenvalue weighted by Gasteiger charge is -2.42. The Balaban J connectivity index is 0.000000137. The number of aromatic amines is 1. The number of aliphatic hydroxyl groups is 2. The number of benzene rings is 2. The summed E-state index contributed by atoms with van der Waals surface area (Å²) in [6.45, 7) is 0.119. The highest BCUT2D eigenvalue weighted by Gasteiger charge is 2.47. The van der Waals surface area contributed by atoms with Crippen molar-refractivity contribution in [3.63, 3.8) is 0 Å². The molecule has 304 valence electrons.